The topological polar surface area (TPSA) is 136 Å². The molecule has 2 spiro atoms. The molecule has 4 heterocycles. The highest BCUT2D eigenvalue weighted by Gasteiger charge is 2.63. The van der Waals surface area contributed by atoms with Crippen LogP contribution in [-0.4, -0.2) is 112 Å². The molecule has 4 fully saturated rings. The van der Waals surface area contributed by atoms with E-state index < -0.39 is 16.8 Å². The van der Waals surface area contributed by atoms with E-state index in [0.717, 1.165) is 57.9 Å². The molecule has 0 unspecified atom stereocenters. The van der Waals surface area contributed by atoms with Gasteiger partial charge in [0.15, 0.2) is 5.79 Å². The van der Waals surface area contributed by atoms with Crippen molar-refractivity contribution in [2.75, 3.05) is 44.8 Å². The molecule has 1 aromatic heterocycles. The number of aromatic nitrogens is 2. The number of piperazine rings is 1. The molecule has 12 heteroatoms. The molecule has 0 aromatic carbocycles. The van der Waals surface area contributed by atoms with Crippen LogP contribution in [0.5, 0.6) is 6.01 Å². The number of amides is 1. The SMILES string of the molecule is C[C@H](Oc1nc(C(=N)C2=C([OH2+])[C@]3(CCCCC34OCCO4)CCC2)cc(N2C[C@H](C)N(C(=O)OC(C)(C)C)[C@@H](C)C2)n1)[C@@H]1CCCN1C. The number of hydrogen-bond acceptors (Lipinski definition) is 10. The Morgan fingerprint density at radius 1 is 1.06 bits per heavy atom. The number of fused-ring (bicyclic) bond motifs is 1. The third-order valence-corrected chi connectivity index (χ3v) is 11.2. The van der Waals surface area contributed by atoms with Crippen molar-refractivity contribution in [1.29, 1.82) is 5.41 Å². The van der Waals surface area contributed by atoms with Crippen molar-refractivity contribution >= 4 is 17.6 Å². The lowest BCUT2D eigenvalue weighted by Gasteiger charge is -2.49. The van der Waals surface area contributed by atoms with E-state index in [-0.39, 0.29) is 42.0 Å². The van der Waals surface area contributed by atoms with Crippen molar-refractivity contribution in [1.82, 2.24) is 19.8 Å². The quantitative estimate of drug-likeness (QED) is 0.328. The van der Waals surface area contributed by atoms with Crippen molar-refractivity contribution in [3.8, 4) is 6.01 Å². The van der Waals surface area contributed by atoms with E-state index >= 15 is 0 Å². The summed E-state index contributed by atoms with van der Waals surface area (Å²) in [6.45, 7) is 15.0. The van der Waals surface area contributed by atoms with Crippen molar-refractivity contribution in [2.24, 2.45) is 5.41 Å². The Kier molecular flexibility index (Phi) is 9.74. The first-order valence-corrected chi connectivity index (χ1v) is 18.1. The zero-order valence-corrected chi connectivity index (χ0v) is 30.1. The normalized spacial score (nSPS) is 30.3. The molecular formula is C36H57N6O6+. The number of nitrogens with zero attached hydrogens (tertiary/aromatic N) is 5. The van der Waals surface area contributed by atoms with E-state index in [1.165, 1.54) is 0 Å². The van der Waals surface area contributed by atoms with Gasteiger partial charge < -0.3 is 29.0 Å². The van der Waals surface area contributed by atoms with Crippen LogP contribution in [0.25, 0.3) is 0 Å². The monoisotopic (exact) mass is 669 g/mol. The second-order valence-electron chi connectivity index (χ2n) is 15.7. The summed E-state index contributed by atoms with van der Waals surface area (Å²) in [6, 6.07) is 2.10. The number of nitrogens with one attached hydrogen (secondary N) is 1. The molecule has 266 valence electrons. The van der Waals surface area contributed by atoms with Crippen LogP contribution in [0.4, 0.5) is 10.6 Å². The maximum Gasteiger partial charge on any atom is 0.410 e. The van der Waals surface area contributed by atoms with E-state index in [2.05, 4.69) is 23.8 Å². The molecule has 5 aliphatic rings. The maximum absolute atomic E-state index is 13.1. The van der Waals surface area contributed by atoms with E-state index in [0.29, 0.717) is 55.6 Å². The number of anilines is 1. The Morgan fingerprint density at radius 3 is 2.38 bits per heavy atom. The van der Waals surface area contributed by atoms with Gasteiger partial charge in [-0.15, -0.1) is 0 Å². The van der Waals surface area contributed by atoms with Crippen LogP contribution < -0.4 is 9.64 Å². The first-order chi connectivity index (χ1) is 22.7. The van der Waals surface area contributed by atoms with Gasteiger partial charge in [-0.2, -0.15) is 9.97 Å². The standard InChI is InChI=1S/C36H56N6O6/c1-23-21-41(22-24(2)42(23)33(44)48-34(4,5)6)29-20-27(38-32(39-29)47-25(3)28-13-11-17-40(28)7)30(37)26-12-10-15-35(31(26)43)14-8-9-16-36(35)45-18-19-46-36/h20,23-25,28,37,43H,8-19,21-22H2,1-7H3/p+1/t23-,24-,25-,28-,35-/m0/s1. The van der Waals surface area contributed by atoms with Crippen molar-refractivity contribution < 1.29 is 28.8 Å². The van der Waals surface area contributed by atoms with Crippen LogP contribution in [0.2, 0.25) is 0 Å². The van der Waals surface area contributed by atoms with Crippen LogP contribution in [0.15, 0.2) is 17.4 Å². The Hall–Kier alpha value is -2.96. The van der Waals surface area contributed by atoms with Gasteiger partial charge in [-0.25, -0.2) is 4.79 Å². The van der Waals surface area contributed by atoms with Gasteiger partial charge >= 0.3 is 12.1 Å². The first-order valence-electron chi connectivity index (χ1n) is 18.1. The summed E-state index contributed by atoms with van der Waals surface area (Å²) in [7, 11) is 2.12. The minimum absolute atomic E-state index is 0.133. The largest absolute Gasteiger partial charge is 0.596 e. The zero-order chi connectivity index (χ0) is 34.4. The van der Waals surface area contributed by atoms with Gasteiger partial charge in [-0.1, -0.05) is 6.42 Å². The molecule has 3 aliphatic heterocycles. The number of hydrogen-bond donors (Lipinski definition) is 1. The minimum Gasteiger partial charge on any atom is -0.596 e. The van der Waals surface area contributed by atoms with E-state index in [1.54, 1.807) is 0 Å². The molecule has 1 amide bonds. The first kappa shape index (κ1) is 34.9. The smallest absolute Gasteiger partial charge is 0.410 e. The molecule has 1 aromatic rings. The molecule has 2 aliphatic carbocycles. The van der Waals surface area contributed by atoms with Crippen LogP contribution in [0.1, 0.15) is 105 Å². The fraction of sp³-hybridized carbons (Fsp3) is 0.778. The van der Waals surface area contributed by atoms with Gasteiger partial charge in [0, 0.05) is 31.6 Å². The van der Waals surface area contributed by atoms with E-state index in [4.69, 9.17) is 28.9 Å². The highest BCUT2D eigenvalue weighted by atomic mass is 16.7. The average Bonchev–Trinajstić information content (AvgIpc) is 3.68. The molecular weight excluding hydrogens is 612 g/mol. The summed E-state index contributed by atoms with van der Waals surface area (Å²) < 4.78 is 24.9. The Bertz CT molecular complexity index is 1390. The van der Waals surface area contributed by atoms with Crippen LogP contribution in [-0.2, 0) is 14.2 Å². The molecule has 0 bridgehead atoms. The minimum atomic E-state index is -0.776. The Balaban J connectivity index is 1.34. The van der Waals surface area contributed by atoms with E-state index in [9.17, 15) is 15.3 Å². The fourth-order valence-corrected chi connectivity index (χ4v) is 8.94. The molecule has 1 saturated carbocycles. The predicted octanol–water partition coefficient (Wildman–Crippen LogP) is 5.01. The molecule has 12 nitrogen and oxygen atoms in total. The summed E-state index contributed by atoms with van der Waals surface area (Å²) in [5.74, 6) is 0.350. The summed E-state index contributed by atoms with van der Waals surface area (Å²) in [5, 5.41) is 19.2. The highest BCUT2D eigenvalue weighted by Crippen LogP contribution is 2.58. The van der Waals surface area contributed by atoms with Crippen LogP contribution in [0, 0.1) is 10.8 Å². The molecule has 6 rings (SSSR count). The summed E-state index contributed by atoms with van der Waals surface area (Å²) in [6.07, 6.45) is 7.69. The lowest BCUT2D eigenvalue weighted by Crippen LogP contribution is -2.59. The number of ether oxygens (including phenoxy) is 4. The number of carbonyl (C=O) groups is 1. The molecule has 0 radical (unpaired) electrons. The summed E-state index contributed by atoms with van der Waals surface area (Å²) >= 11 is 0. The third-order valence-electron chi connectivity index (χ3n) is 11.2. The lowest BCUT2D eigenvalue weighted by atomic mass is 9.61. The molecule has 5 atom stereocenters. The average molecular weight is 670 g/mol. The second kappa shape index (κ2) is 13.4. The second-order valence-corrected chi connectivity index (χ2v) is 15.7. The number of likely N-dealkylation sites (N-methyl/N-ethyl adjacent to an activating group) is 1. The van der Waals surface area contributed by atoms with E-state index in [1.807, 2.05) is 45.6 Å². The number of rotatable bonds is 6. The fourth-order valence-electron chi connectivity index (χ4n) is 8.94. The van der Waals surface area contributed by atoms with Gasteiger partial charge in [-0.05, 0) is 100 Å². The van der Waals surface area contributed by atoms with Crippen molar-refractivity contribution in [3.63, 3.8) is 0 Å². The Labute approximate surface area is 285 Å². The van der Waals surface area contributed by atoms with Gasteiger partial charge in [0.1, 0.15) is 22.9 Å². The Morgan fingerprint density at radius 2 is 1.73 bits per heavy atom. The predicted molar refractivity (Wildman–Crippen MR) is 184 cm³/mol. The lowest BCUT2D eigenvalue weighted by molar-refractivity contribution is -0.255. The van der Waals surface area contributed by atoms with Crippen LogP contribution in [0.3, 0.4) is 0 Å². The van der Waals surface area contributed by atoms with Gasteiger partial charge in [0.2, 0.25) is 5.76 Å². The molecule has 3 saturated heterocycles. The van der Waals surface area contributed by atoms with Crippen molar-refractivity contribution in [3.05, 3.63) is 23.1 Å². The molecule has 48 heavy (non-hydrogen) atoms. The van der Waals surface area contributed by atoms with Gasteiger partial charge in [0.25, 0.3) is 0 Å². The number of carbonyl (C=O) groups excluding carboxylic acids is 1. The van der Waals surface area contributed by atoms with Crippen molar-refractivity contribution in [2.45, 2.75) is 135 Å². The molecule has 3 N–H and O–H groups in total. The number of likely N-dealkylation sites (tertiary alicyclic amines) is 1. The van der Waals surface area contributed by atoms with Crippen LogP contribution >= 0.6 is 0 Å². The summed E-state index contributed by atoms with van der Waals surface area (Å²) in [4.78, 5) is 29.2. The highest BCUT2D eigenvalue weighted by molar-refractivity contribution is 6.10. The maximum atomic E-state index is 13.1. The van der Waals surface area contributed by atoms with Gasteiger partial charge in [-0.3, -0.25) is 15.2 Å². The zero-order valence-electron chi connectivity index (χ0n) is 30.1. The number of allylic oxidation sites excluding steroid dienone is 1. The summed E-state index contributed by atoms with van der Waals surface area (Å²) in [5.41, 5.74) is 0.262. The third kappa shape index (κ3) is 6.52. The van der Waals surface area contributed by atoms with Gasteiger partial charge in [0.05, 0.1) is 42.3 Å².